The van der Waals surface area contributed by atoms with Crippen molar-refractivity contribution in [2.45, 2.75) is 11.5 Å². The van der Waals surface area contributed by atoms with Crippen LogP contribution < -0.4 is 10.1 Å². The highest BCUT2D eigenvalue weighted by Gasteiger charge is 2.55. The zero-order chi connectivity index (χ0) is 19.1. The van der Waals surface area contributed by atoms with Crippen LogP contribution in [-0.2, 0) is 5.41 Å². The fourth-order valence-electron chi connectivity index (χ4n) is 5.45. The first kappa shape index (κ1) is 17.6. The number of nitrogens with one attached hydrogen (secondary N) is 1. The first-order valence-electron chi connectivity index (χ1n) is 9.99. The summed E-state index contributed by atoms with van der Waals surface area (Å²) in [6.07, 6.45) is 1.63. The van der Waals surface area contributed by atoms with Crippen LogP contribution in [0.1, 0.15) is 16.1 Å². The number of amides is 1. The molecule has 1 aromatic carbocycles. The summed E-state index contributed by atoms with van der Waals surface area (Å²) >= 11 is 0. The van der Waals surface area contributed by atoms with Gasteiger partial charge in [-0.15, -0.1) is 0 Å². The number of fused-ring (bicyclic) bond motifs is 1. The molecule has 4 bridgehead atoms. The smallest absolute Gasteiger partial charge is 0.270 e. The van der Waals surface area contributed by atoms with Gasteiger partial charge < -0.3 is 19.9 Å². The van der Waals surface area contributed by atoms with Gasteiger partial charge in [-0.25, -0.2) is 0 Å². The Labute approximate surface area is 165 Å². The van der Waals surface area contributed by atoms with E-state index in [1.807, 2.05) is 0 Å². The SMILES string of the molecule is COc1ccnc(C(=O)N[C@@H]2C3CN4CCN(C3)CC2(c2ccccc2)C4)c1. The monoisotopic (exact) mass is 378 g/mol. The van der Waals surface area contributed by atoms with Gasteiger partial charge in [0.2, 0.25) is 0 Å². The predicted molar refractivity (Wildman–Crippen MR) is 107 cm³/mol. The summed E-state index contributed by atoms with van der Waals surface area (Å²) in [6, 6.07) is 14.3. The number of aromatic nitrogens is 1. The molecule has 2 unspecified atom stereocenters. The lowest BCUT2D eigenvalue weighted by molar-refractivity contribution is 0.0179. The van der Waals surface area contributed by atoms with Gasteiger partial charge in [0.05, 0.1) is 7.11 Å². The van der Waals surface area contributed by atoms with Crippen molar-refractivity contribution in [2.24, 2.45) is 5.92 Å². The molecule has 6 nitrogen and oxygen atoms in total. The Kier molecular flexibility index (Phi) is 4.33. The van der Waals surface area contributed by atoms with Crippen molar-refractivity contribution in [3.05, 3.63) is 59.9 Å². The quantitative estimate of drug-likeness (QED) is 0.871. The molecule has 28 heavy (non-hydrogen) atoms. The zero-order valence-corrected chi connectivity index (χ0v) is 16.2. The van der Waals surface area contributed by atoms with Crippen molar-refractivity contribution in [1.29, 1.82) is 0 Å². The lowest BCUT2D eigenvalue weighted by Crippen LogP contribution is -2.70. The van der Waals surface area contributed by atoms with E-state index in [0.717, 1.165) is 39.3 Å². The van der Waals surface area contributed by atoms with Crippen molar-refractivity contribution in [1.82, 2.24) is 20.1 Å². The Balaban J connectivity index is 1.51. The summed E-state index contributed by atoms with van der Waals surface area (Å²) in [6.45, 7) is 6.29. The number of hydrogen-bond donors (Lipinski definition) is 1. The van der Waals surface area contributed by atoms with Crippen molar-refractivity contribution in [2.75, 3.05) is 46.4 Å². The zero-order valence-electron chi connectivity index (χ0n) is 16.2. The second kappa shape index (κ2) is 6.87. The maximum Gasteiger partial charge on any atom is 0.270 e. The van der Waals surface area contributed by atoms with Crippen LogP contribution in [-0.4, -0.2) is 73.1 Å². The number of hydrogen-bond acceptors (Lipinski definition) is 5. The van der Waals surface area contributed by atoms with Gasteiger partial charge in [0.25, 0.3) is 5.91 Å². The number of rotatable bonds is 4. The van der Waals surface area contributed by atoms with Crippen molar-refractivity contribution < 1.29 is 9.53 Å². The van der Waals surface area contributed by atoms with E-state index < -0.39 is 0 Å². The minimum atomic E-state index is -0.115. The molecule has 1 amide bonds. The van der Waals surface area contributed by atoms with Gasteiger partial charge >= 0.3 is 0 Å². The number of ether oxygens (including phenoxy) is 1. The van der Waals surface area contributed by atoms with Crippen LogP contribution in [0, 0.1) is 5.92 Å². The molecule has 0 radical (unpaired) electrons. The van der Waals surface area contributed by atoms with E-state index in [-0.39, 0.29) is 17.4 Å². The second-order valence-corrected chi connectivity index (χ2v) is 8.28. The largest absolute Gasteiger partial charge is 0.497 e. The van der Waals surface area contributed by atoms with Crippen molar-refractivity contribution in [3.63, 3.8) is 0 Å². The number of piperidine rings is 2. The summed E-state index contributed by atoms with van der Waals surface area (Å²) in [5, 5.41) is 3.39. The van der Waals surface area contributed by atoms with E-state index >= 15 is 0 Å². The number of benzene rings is 1. The third-order valence-electron chi connectivity index (χ3n) is 6.63. The molecule has 1 N–H and O–H groups in total. The second-order valence-electron chi connectivity index (χ2n) is 8.28. The predicted octanol–water partition coefficient (Wildman–Crippen LogP) is 1.39. The summed E-state index contributed by atoms with van der Waals surface area (Å²) in [4.78, 5) is 22.5. The van der Waals surface area contributed by atoms with Gasteiger partial charge in [0.1, 0.15) is 11.4 Å². The minimum absolute atomic E-state index is 0.0898. The molecule has 4 saturated heterocycles. The van der Waals surface area contributed by atoms with E-state index in [1.165, 1.54) is 5.56 Å². The van der Waals surface area contributed by atoms with E-state index in [2.05, 4.69) is 50.4 Å². The molecule has 1 aromatic heterocycles. The van der Waals surface area contributed by atoms with Crippen LogP contribution in [0.15, 0.2) is 48.7 Å². The van der Waals surface area contributed by atoms with Crippen LogP contribution in [0.5, 0.6) is 5.75 Å². The molecule has 4 aliphatic rings. The Morgan fingerprint density at radius 2 is 1.86 bits per heavy atom. The molecular weight excluding hydrogens is 352 g/mol. The van der Waals surface area contributed by atoms with Crippen LogP contribution in [0.4, 0.5) is 0 Å². The normalized spacial score (nSPS) is 33.3. The van der Waals surface area contributed by atoms with E-state index in [9.17, 15) is 4.79 Å². The van der Waals surface area contributed by atoms with Gasteiger partial charge in [-0.3, -0.25) is 9.78 Å². The van der Waals surface area contributed by atoms with Gasteiger partial charge in [-0.05, 0) is 11.6 Å². The molecule has 4 fully saturated rings. The summed E-state index contributed by atoms with van der Waals surface area (Å²) in [7, 11) is 1.60. The first-order chi connectivity index (χ1) is 13.7. The van der Waals surface area contributed by atoms with Crippen LogP contribution >= 0.6 is 0 Å². The summed E-state index contributed by atoms with van der Waals surface area (Å²) in [5.74, 6) is 0.951. The maximum absolute atomic E-state index is 13.1. The van der Waals surface area contributed by atoms with Gasteiger partial charge in [-0.2, -0.15) is 0 Å². The number of carbonyl (C=O) groups is 1. The molecule has 6 heteroatoms. The van der Waals surface area contributed by atoms with Gasteiger partial charge in [0, 0.05) is 68.9 Å². The Bertz CT molecular complexity index is 856. The number of carbonyl (C=O) groups excluding carboxylic acids is 1. The first-order valence-corrected chi connectivity index (χ1v) is 9.99. The Morgan fingerprint density at radius 3 is 2.54 bits per heavy atom. The highest BCUT2D eigenvalue weighted by Crippen LogP contribution is 2.43. The van der Waals surface area contributed by atoms with Crippen LogP contribution in [0.2, 0.25) is 0 Å². The van der Waals surface area contributed by atoms with E-state index in [4.69, 9.17) is 4.74 Å². The molecule has 4 aliphatic heterocycles. The van der Waals surface area contributed by atoms with Crippen LogP contribution in [0.3, 0.4) is 0 Å². The minimum Gasteiger partial charge on any atom is -0.497 e. The summed E-state index contributed by atoms with van der Waals surface area (Å²) in [5.41, 5.74) is 1.64. The summed E-state index contributed by atoms with van der Waals surface area (Å²) < 4.78 is 5.26. The number of methoxy groups -OCH3 is 1. The lowest BCUT2D eigenvalue weighted by Gasteiger charge is -2.55. The molecule has 2 aromatic rings. The van der Waals surface area contributed by atoms with E-state index in [0.29, 0.717) is 17.4 Å². The molecule has 0 spiro atoms. The molecular formula is C22H26N4O2. The average molecular weight is 378 g/mol. The third kappa shape index (κ3) is 2.88. The average Bonchev–Trinajstić information content (AvgIpc) is 2.99. The van der Waals surface area contributed by atoms with Gasteiger partial charge in [-0.1, -0.05) is 30.3 Å². The molecule has 5 heterocycles. The fourth-order valence-corrected chi connectivity index (χ4v) is 5.45. The molecule has 6 rings (SSSR count). The van der Waals surface area contributed by atoms with Crippen molar-refractivity contribution in [3.8, 4) is 5.75 Å². The number of nitrogens with zero attached hydrogens (tertiary/aromatic N) is 3. The highest BCUT2D eigenvalue weighted by molar-refractivity contribution is 5.93. The third-order valence-corrected chi connectivity index (χ3v) is 6.63. The highest BCUT2D eigenvalue weighted by atomic mass is 16.5. The van der Waals surface area contributed by atoms with E-state index in [1.54, 1.807) is 25.4 Å². The topological polar surface area (TPSA) is 57.7 Å². The standard InChI is InChI=1S/C22H26N4O2/c1-28-18-7-8-23-19(11-18)21(27)24-20-16-12-25-9-10-26(13-16)15-22(20,14-25)17-5-3-2-4-6-17/h2-8,11,16,20H,9-10,12-15H2,1H3,(H,24,27)/t16?,20-,22?/m1/s1. The van der Waals surface area contributed by atoms with Crippen LogP contribution in [0.25, 0.3) is 0 Å². The van der Waals surface area contributed by atoms with Crippen molar-refractivity contribution >= 4 is 5.91 Å². The molecule has 0 saturated carbocycles. The Hall–Kier alpha value is -2.44. The Morgan fingerprint density at radius 1 is 1.14 bits per heavy atom. The maximum atomic E-state index is 13.1. The molecule has 146 valence electrons. The molecule has 0 aliphatic carbocycles. The fraction of sp³-hybridized carbons (Fsp3) is 0.455. The number of pyridine rings is 1. The lowest BCUT2D eigenvalue weighted by atomic mass is 9.64. The van der Waals surface area contributed by atoms with Gasteiger partial charge in [0.15, 0.2) is 0 Å². The molecule has 3 atom stereocenters.